The van der Waals surface area contributed by atoms with E-state index in [0.29, 0.717) is 5.56 Å². The Balaban J connectivity index is 3.04. The number of nitrogens with two attached hydrogens (primary N) is 2. The molecule has 1 rings (SSSR count). The van der Waals surface area contributed by atoms with Crippen LogP contribution in [0.25, 0.3) is 0 Å². The molecule has 13 heteroatoms. The van der Waals surface area contributed by atoms with Gasteiger partial charge in [-0.3, -0.25) is 19.2 Å². The van der Waals surface area contributed by atoms with Gasteiger partial charge in [0.15, 0.2) is 0 Å². The van der Waals surface area contributed by atoms with Crippen molar-refractivity contribution < 1.29 is 34.2 Å². The average Bonchev–Trinajstić information content (AvgIpc) is 2.74. The predicted octanol–water partition coefficient (Wildman–Crippen LogP) is -2.72. The summed E-state index contributed by atoms with van der Waals surface area (Å²) in [6.07, 6.45) is -1.86. The lowest BCUT2D eigenvalue weighted by atomic mass is 10.0. The summed E-state index contributed by atoms with van der Waals surface area (Å²) >= 11 is 3.90. The van der Waals surface area contributed by atoms with Crippen LogP contribution in [0.1, 0.15) is 18.9 Å². The van der Waals surface area contributed by atoms with Crippen molar-refractivity contribution in [1.29, 1.82) is 0 Å². The van der Waals surface area contributed by atoms with E-state index in [1.807, 2.05) is 0 Å². The first-order valence-corrected chi connectivity index (χ1v) is 10.6. The van der Waals surface area contributed by atoms with Crippen LogP contribution in [0.4, 0.5) is 0 Å². The van der Waals surface area contributed by atoms with E-state index in [1.165, 1.54) is 6.92 Å². The molecule has 9 N–H and O–H groups in total. The molecule has 0 aliphatic rings. The van der Waals surface area contributed by atoms with Crippen LogP contribution >= 0.6 is 12.6 Å². The highest BCUT2D eigenvalue weighted by molar-refractivity contribution is 7.80. The number of primary amides is 1. The van der Waals surface area contributed by atoms with Crippen LogP contribution in [0.3, 0.4) is 0 Å². The minimum atomic E-state index is -1.51. The summed E-state index contributed by atoms with van der Waals surface area (Å²) in [6, 6.07) is 3.22. The monoisotopic (exact) mass is 483 g/mol. The first-order valence-electron chi connectivity index (χ1n) is 9.96. The van der Waals surface area contributed by atoms with Gasteiger partial charge in [0.25, 0.3) is 0 Å². The number of hydrogen-bond acceptors (Lipinski definition) is 8. The Bertz CT molecular complexity index is 852. The normalized spacial score (nSPS) is 15.3. The third-order valence-corrected chi connectivity index (χ3v) is 4.90. The molecule has 4 amide bonds. The summed E-state index contributed by atoms with van der Waals surface area (Å²) in [5.74, 6) is -4.93. The van der Waals surface area contributed by atoms with E-state index in [9.17, 15) is 34.2 Å². The van der Waals surface area contributed by atoms with Crippen molar-refractivity contribution in [1.82, 2.24) is 16.0 Å². The fourth-order valence-electron chi connectivity index (χ4n) is 2.75. The summed E-state index contributed by atoms with van der Waals surface area (Å²) in [5.41, 5.74) is 11.2. The number of carboxylic acid groups (broad SMARTS) is 1. The molecule has 0 bridgehead atoms. The maximum Gasteiger partial charge on any atom is 0.327 e. The lowest BCUT2D eigenvalue weighted by Crippen LogP contribution is -2.60. The number of rotatable bonds is 13. The Morgan fingerprint density at radius 2 is 1.55 bits per heavy atom. The number of thiol groups is 1. The predicted molar refractivity (Wildman–Crippen MR) is 121 cm³/mol. The van der Waals surface area contributed by atoms with E-state index in [4.69, 9.17) is 11.5 Å². The van der Waals surface area contributed by atoms with Crippen molar-refractivity contribution in [3.05, 3.63) is 35.9 Å². The highest BCUT2D eigenvalue weighted by Gasteiger charge is 2.32. The van der Waals surface area contributed by atoms with E-state index in [2.05, 4.69) is 28.6 Å². The summed E-state index contributed by atoms with van der Waals surface area (Å²) in [5, 5.41) is 26.1. The fourth-order valence-corrected chi connectivity index (χ4v) is 3.00. The molecule has 0 fully saturated rings. The number of nitrogens with one attached hydrogen (secondary N) is 3. The van der Waals surface area contributed by atoms with Gasteiger partial charge in [-0.05, 0) is 12.5 Å². The molecule has 0 radical (unpaired) electrons. The number of carbonyl (C=O) groups excluding carboxylic acids is 4. The largest absolute Gasteiger partial charge is 0.480 e. The van der Waals surface area contributed by atoms with Gasteiger partial charge in [-0.1, -0.05) is 30.3 Å². The molecule has 182 valence electrons. The Hall–Kier alpha value is -3.16. The van der Waals surface area contributed by atoms with E-state index < -0.39 is 66.3 Å². The van der Waals surface area contributed by atoms with E-state index in [1.54, 1.807) is 30.3 Å². The molecule has 0 heterocycles. The first-order chi connectivity index (χ1) is 15.5. The zero-order valence-corrected chi connectivity index (χ0v) is 18.8. The van der Waals surface area contributed by atoms with Crippen molar-refractivity contribution in [2.75, 3.05) is 5.75 Å². The molecule has 0 aliphatic heterocycles. The van der Waals surface area contributed by atoms with Gasteiger partial charge >= 0.3 is 5.97 Å². The Morgan fingerprint density at radius 3 is 2.03 bits per heavy atom. The molecule has 5 unspecified atom stereocenters. The average molecular weight is 484 g/mol. The molecule has 1 aromatic rings. The van der Waals surface area contributed by atoms with Crippen LogP contribution in [-0.4, -0.2) is 75.8 Å². The van der Waals surface area contributed by atoms with Crippen LogP contribution in [0.2, 0.25) is 0 Å². The summed E-state index contributed by atoms with van der Waals surface area (Å²) < 4.78 is 0. The zero-order chi connectivity index (χ0) is 25.1. The quantitative estimate of drug-likeness (QED) is 0.138. The smallest absolute Gasteiger partial charge is 0.327 e. The highest BCUT2D eigenvalue weighted by Crippen LogP contribution is 2.06. The molecule has 0 saturated heterocycles. The maximum atomic E-state index is 12.8. The van der Waals surface area contributed by atoms with Gasteiger partial charge in [-0.15, -0.1) is 0 Å². The first kappa shape index (κ1) is 27.9. The van der Waals surface area contributed by atoms with Crippen LogP contribution < -0.4 is 27.4 Å². The molecule has 0 saturated carbocycles. The Labute approximate surface area is 195 Å². The van der Waals surface area contributed by atoms with Gasteiger partial charge in [-0.2, -0.15) is 12.6 Å². The summed E-state index contributed by atoms with van der Waals surface area (Å²) in [6.45, 7) is 1.23. The third-order valence-electron chi connectivity index (χ3n) is 4.53. The van der Waals surface area contributed by atoms with Crippen molar-refractivity contribution >= 4 is 42.2 Å². The molecular weight excluding hydrogens is 454 g/mol. The Morgan fingerprint density at radius 1 is 0.970 bits per heavy atom. The second kappa shape index (κ2) is 13.4. The van der Waals surface area contributed by atoms with Gasteiger partial charge in [-0.25, -0.2) is 4.79 Å². The van der Waals surface area contributed by atoms with Gasteiger partial charge in [0.1, 0.15) is 18.1 Å². The van der Waals surface area contributed by atoms with E-state index >= 15 is 0 Å². The highest BCUT2D eigenvalue weighted by atomic mass is 32.1. The fraction of sp³-hybridized carbons (Fsp3) is 0.450. The van der Waals surface area contributed by atoms with Crippen molar-refractivity contribution in [3.8, 4) is 0 Å². The minimum Gasteiger partial charge on any atom is -0.480 e. The van der Waals surface area contributed by atoms with Crippen LogP contribution in [0.5, 0.6) is 0 Å². The molecule has 0 spiro atoms. The van der Waals surface area contributed by atoms with Gasteiger partial charge in [0.2, 0.25) is 23.6 Å². The third kappa shape index (κ3) is 9.47. The van der Waals surface area contributed by atoms with Crippen LogP contribution in [0, 0.1) is 0 Å². The van der Waals surface area contributed by atoms with E-state index in [-0.39, 0.29) is 12.2 Å². The maximum absolute atomic E-state index is 12.8. The molecule has 0 aliphatic carbocycles. The number of hydrogen-bond donors (Lipinski definition) is 8. The van der Waals surface area contributed by atoms with Gasteiger partial charge < -0.3 is 37.6 Å². The molecular formula is C20H29N5O7S. The lowest BCUT2D eigenvalue weighted by Gasteiger charge is -2.26. The van der Waals surface area contributed by atoms with Gasteiger partial charge in [0.05, 0.1) is 18.6 Å². The number of carbonyl (C=O) groups is 5. The molecule has 33 heavy (non-hydrogen) atoms. The Kier molecular flexibility index (Phi) is 11.3. The topological polar surface area (TPSA) is 214 Å². The van der Waals surface area contributed by atoms with Crippen LogP contribution in [0.15, 0.2) is 30.3 Å². The number of aliphatic hydroxyl groups is 1. The van der Waals surface area contributed by atoms with E-state index in [0.717, 1.165) is 0 Å². The number of aliphatic hydroxyl groups excluding tert-OH is 1. The number of benzene rings is 1. The molecule has 1 aromatic carbocycles. The van der Waals surface area contributed by atoms with Crippen molar-refractivity contribution in [3.63, 3.8) is 0 Å². The summed E-state index contributed by atoms with van der Waals surface area (Å²) in [7, 11) is 0. The van der Waals surface area contributed by atoms with Gasteiger partial charge in [0, 0.05) is 12.2 Å². The molecule has 0 aromatic heterocycles. The molecule has 12 nitrogen and oxygen atoms in total. The lowest BCUT2D eigenvalue weighted by molar-refractivity contribution is -0.141. The SMILES string of the molecule is CC(O)C(NC(=O)C(N)CC(N)=O)C(=O)NC(Cc1ccccc1)C(=O)NC(CS)C(=O)O. The second-order valence-electron chi connectivity index (χ2n) is 7.34. The summed E-state index contributed by atoms with van der Waals surface area (Å²) in [4.78, 5) is 60.0. The molecule has 5 atom stereocenters. The number of aliphatic carboxylic acids is 1. The zero-order valence-electron chi connectivity index (χ0n) is 17.9. The van der Waals surface area contributed by atoms with Crippen LogP contribution in [-0.2, 0) is 30.4 Å². The minimum absolute atomic E-state index is 0.00100. The second-order valence-corrected chi connectivity index (χ2v) is 7.70. The number of carboxylic acids is 1. The standard InChI is InChI=1S/C20H29N5O7S/c1-10(26)16(25-17(28)12(21)8-15(22)27)19(30)23-13(7-11-5-3-2-4-6-11)18(29)24-14(9-33)20(31)32/h2-6,10,12-14,16,26,33H,7-9,21H2,1H3,(H2,22,27)(H,23,30)(H,24,29)(H,25,28)(H,31,32). The number of amides is 4. The van der Waals surface area contributed by atoms with Crippen molar-refractivity contribution in [2.24, 2.45) is 11.5 Å². The van der Waals surface area contributed by atoms with Crippen molar-refractivity contribution in [2.45, 2.75) is 50.0 Å².